The maximum Gasteiger partial charge on any atom is 0.114 e. The van der Waals surface area contributed by atoms with E-state index in [4.69, 9.17) is 40.2 Å². The molecule has 1 atom stereocenters. The van der Waals surface area contributed by atoms with E-state index >= 15 is 0 Å². The molecule has 2 rings (SSSR count). The first-order valence-electron chi connectivity index (χ1n) is 5.49. The zero-order valence-electron chi connectivity index (χ0n) is 9.83. The molecule has 1 aromatic carbocycles. The number of hydrogen-bond donors (Lipinski definition) is 1. The van der Waals surface area contributed by atoms with Crippen molar-refractivity contribution in [1.29, 1.82) is 0 Å². The first kappa shape index (κ1) is 14.4. The van der Waals surface area contributed by atoms with Crippen molar-refractivity contribution in [2.45, 2.75) is 4.75 Å². The number of benzene rings is 1. The first-order valence-corrected chi connectivity index (χ1v) is 7.64. The van der Waals surface area contributed by atoms with Gasteiger partial charge in [-0.25, -0.2) is 0 Å². The number of nitrogens with one attached hydrogen (secondary N) is 1. The molecule has 1 saturated heterocycles. The SMILES string of the molecule is CNC(=S)C1(c2ccc(Cl)c(Cl)c2)COCCS1. The van der Waals surface area contributed by atoms with Crippen molar-refractivity contribution in [2.75, 3.05) is 26.0 Å². The van der Waals surface area contributed by atoms with Crippen molar-refractivity contribution in [3.05, 3.63) is 33.8 Å². The molecule has 0 aliphatic carbocycles. The molecule has 6 heteroatoms. The van der Waals surface area contributed by atoms with Gasteiger partial charge in [0.1, 0.15) is 4.75 Å². The summed E-state index contributed by atoms with van der Waals surface area (Å²) in [6.07, 6.45) is 0. The van der Waals surface area contributed by atoms with E-state index in [1.807, 2.05) is 19.2 Å². The Labute approximate surface area is 126 Å². The second-order valence-electron chi connectivity index (χ2n) is 3.94. The fourth-order valence-electron chi connectivity index (χ4n) is 1.91. The van der Waals surface area contributed by atoms with Crippen molar-refractivity contribution in [2.24, 2.45) is 0 Å². The van der Waals surface area contributed by atoms with Gasteiger partial charge in [0.2, 0.25) is 0 Å². The van der Waals surface area contributed by atoms with Crippen LogP contribution in [0.25, 0.3) is 0 Å². The summed E-state index contributed by atoms with van der Waals surface area (Å²) in [4.78, 5) is 0.755. The van der Waals surface area contributed by atoms with Gasteiger partial charge in [-0.3, -0.25) is 0 Å². The lowest BCUT2D eigenvalue weighted by Gasteiger charge is -2.37. The highest BCUT2D eigenvalue weighted by atomic mass is 35.5. The molecule has 0 aromatic heterocycles. The van der Waals surface area contributed by atoms with Crippen LogP contribution < -0.4 is 5.32 Å². The van der Waals surface area contributed by atoms with Gasteiger partial charge in [-0.15, -0.1) is 11.8 Å². The van der Waals surface area contributed by atoms with Gasteiger partial charge in [-0.1, -0.05) is 41.5 Å². The van der Waals surface area contributed by atoms with E-state index in [1.54, 1.807) is 17.8 Å². The van der Waals surface area contributed by atoms with Crippen LogP contribution in [0.5, 0.6) is 0 Å². The van der Waals surface area contributed by atoms with Crippen molar-refractivity contribution < 1.29 is 4.74 Å². The number of likely N-dealkylation sites (N-methyl/N-ethyl adjacent to an activating group) is 1. The lowest BCUT2D eigenvalue weighted by molar-refractivity contribution is 0.131. The Morgan fingerprint density at radius 3 is 2.78 bits per heavy atom. The summed E-state index contributed by atoms with van der Waals surface area (Å²) >= 11 is 19.3. The average molecular weight is 322 g/mol. The summed E-state index contributed by atoms with van der Waals surface area (Å²) in [6, 6.07) is 5.63. The van der Waals surface area contributed by atoms with Gasteiger partial charge in [0, 0.05) is 12.8 Å². The Balaban J connectivity index is 2.45. The Kier molecular flexibility index (Phi) is 4.78. The Hall–Kier alpha value is -0.0000000000000000555. The first-order chi connectivity index (χ1) is 8.60. The summed E-state index contributed by atoms with van der Waals surface area (Å²) in [5.74, 6) is 0.905. The fourth-order valence-corrected chi connectivity index (χ4v) is 3.81. The third-order valence-electron chi connectivity index (χ3n) is 2.86. The monoisotopic (exact) mass is 321 g/mol. The van der Waals surface area contributed by atoms with E-state index in [0.29, 0.717) is 16.7 Å². The molecule has 98 valence electrons. The lowest BCUT2D eigenvalue weighted by atomic mass is 9.98. The quantitative estimate of drug-likeness (QED) is 0.841. The normalized spacial score (nSPS) is 23.7. The molecular formula is C12H13Cl2NOS2. The van der Waals surface area contributed by atoms with Crippen molar-refractivity contribution in [1.82, 2.24) is 5.32 Å². The third kappa shape index (κ3) is 2.63. The predicted molar refractivity (Wildman–Crippen MR) is 83.1 cm³/mol. The fraction of sp³-hybridized carbons (Fsp3) is 0.417. The van der Waals surface area contributed by atoms with E-state index in [2.05, 4.69) is 5.32 Å². The van der Waals surface area contributed by atoms with Crippen LogP contribution in [0.2, 0.25) is 10.0 Å². The van der Waals surface area contributed by atoms with Gasteiger partial charge in [0.25, 0.3) is 0 Å². The highest BCUT2D eigenvalue weighted by molar-refractivity contribution is 8.02. The van der Waals surface area contributed by atoms with Crippen LogP contribution in [-0.4, -0.2) is 31.0 Å². The van der Waals surface area contributed by atoms with Gasteiger partial charge in [0.15, 0.2) is 0 Å². The minimum Gasteiger partial charge on any atom is -0.381 e. The maximum absolute atomic E-state index is 6.10. The van der Waals surface area contributed by atoms with Gasteiger partial charge in [-0.2, -0.15) is 0 Å². The minimum absolute atomic E-state index is 0.365. The third-order valence-corrected chi connectivity index (χ3v) is 5.70. The summed E-state index contributed by atoms with van der Waals surface area (Å²) < 4.78 is 5.24. The van der Waals surface area contributed by atoms with E-state index in [0.717, 1.165) is 22.9 Å². The lowest BCUT2D eigenvalue weighted by Crippen LogP contribution is -2.45. The molecule has 18 heavy (non-hydrogen) atoms. The molecule has 1 aliphatic heterocycles. The molecule has 1 fully saturated rings. The summed E-state index contributed by atoms with van der Waals surface area (Å²) in [5.41, 5.74) is 1.03. The van der Waals surface area contributed by atoms with Crippen LogP contribution in [0.15, 0.2) is 18.2 Å². The van der Waals surface area contributed by atoms with Gasteiger partial charge in [0.05, 0.1) is 28.2 Å². The smallest absolute Gasteiger partial charge is 0.114 e. The van der Waals surface area contributed by atoms with Crippen molar-refractivity contribution in [3.63, 3.8) is 0 Å². The second kappa shape index (κ2) is 5.97. The van der Waals surface area contributed by atoms with Crippen LogP contribution in [0.4, 0.5) is 0 Å². The Bertz CT molecular complexity index is 461. The number of hydrogen-bond acceptors (Lipinski definition) is 3. The zero-order valence-corrected chi connectivity index (χ0v) is 13.0. The standard InChI is InChI=1S/C12H13Cl2NOS2/c1-15-11(17)12(7-16-4-5-18-12)8-2-3-9(13)10(14)6-8/h2-3,6H,4-5,7H2,1H3,(H,15,17). The highest BCUT2D eigenvalue weighted by Crippen LogP contribution is 2.42. The molecule has 2 nitrogen and oxygen atoms in total. The minimum atomic E-state index is -0.365. The van der Waals surface area contributed by atoms with E-state index in [9.17, 15) is 0 Å². The van der Waals surface area contributed by atoms with E-state index < -0.39 is 0 Å². The second-order valence-corrected chi connectivity index (χ2v) is 6.55. The summed E-state index contributed by atoms with van der Waals surface area (Å²) in [6.45, 7) is 1.30. The average Bonchev–Trinajstić information content (AvgIpc) is 2.41. The van der Waals surface area contributed by atoms with Crippen molar-refractivity contribution >= 4 is 52.2 Å². The Morgan fingerprint density at radius 2 is 2.22 bits per heavy atom. The largest absolute Gasteiger partial charge is 0.381 e. The van der Waals surface area contributed by atoms with Crippen LogP contribution >= 0.6 is 47.2 Å². The Morgan fingerprint density at radius 1 is 1.44 bits per heavy atom. The van der Waals surface area contributed by atoms with E-state index in [1.165, 1.54) is 0 Å². The van der Waals surface area contributed by atoms with Crippen LogP contribution in [0.3, 0.4) is 0 Å². The molecule has 0 amide bonds. The van der Waals surface area contributed by atoms with Crippen LogP contribution in [-0.2, 0) is 9.48 Å². The number of rotatable bonds is 2. The molecule has 1 aromatic rings. The molecule has 0 bridgehead atoms. The molecule has 0 spiro atoms. The van der Waals surface area contributed by atoms with Gasteiger partial charge in [-0.05, 0) is 17.7 Å². The predicted octanol–water partition coefficient (Wildman–Crippen LogP) is 3.50. The molecular weight excluding hydrogens is 309 g/mol. The number of thioether (sulfide) groups is 1. The molecule has 1 N–H and O–H groups in total. The number of ether oxygens (including phenoxy) is 1. The van der Waals surface area contributed by atoms with Crippen LogP contribution in [0, 0.1) is 0 Å². The summed E-state index contributed by atoms with van der Waals surface area (Å²) in [7, 11) is 1.83. The van der Waals surface area contributed by atoms with Gasteiger partial charge >= 0.3 is 0 Å². The number of thiocarbonyl (C=S) groups is 1. The number of halogens is 2. The summed E-state index contributed by atoms with van der Waals surface area (Å²) in [5, 5.41) is 4.15. The highest BCUT2D eigenvalue weighted by Gasteiger charge is 2.40. The molecule has 1 unspecified atom stereocenters. The van der Waals surface area contributed by atoms with Crippen molar-refractivity contribution in [3.8, 4) is 0 Å². The topological polar surface area (TPSA) is 21.3 Å². The van der Waals surface area contributed by atoms with E-state index in [-0.39, 0.29) is 4.75 Å². The molecule has 1 aliphatic rings. The molecule has 1 heterocycles. The zero-order chi connectivity index (χ0) is 13.2. The maximum atomic E-state index is 6.10. The molecule has 0 saturated carbocycles. The van der Waals surface area contributed by atoms with Gasteiger partial charge < -0.3 is 10.1 Å². The molecule has 0 radical (unpaired) electrons. The van der Waals surface area contributed by atoms with Crippen LogP contribution in [0.1, 0.15) is 5.56 Å².